The molecule has 1 rings (SSSR count). The quantitative estimate of drug-likeness (QED) is 0.306. The summed E-state index contributed by atoms with van der Waals surface area (Å²) in [5.41, 5.74) is 0. The minimum absolute atomic E-state index is 0.858. The molecule has 0 saturated heterocycles. The number of ether oxygens (including phenoxy) is 1. The summed E-state index contributed by atoms with van der Waals surface area (Å²) < 4.78 is 6.23. The summed E-state index contributed by atoms with van der Waals surface area (Å²) in [7, 11) is -2.76. The molecule has 0 fully saturated rings. The van der Waals surface area contributed by atoms with Crippen molar-refractivity contribution in [3.05, 3.63) is 18.2 Å². The molecule has 0 unspecified atom stereocenters. The van der Waals surface area contributed by atoms with E-state index in [9.17, 15) is 0 Å². The number of rotatable bonds is 12. The van der Waals surface area contributed by atoms with Gasteiger partial charge in [0.2, 0.25) is 0 Å². The van der Waals surface area contributed by atoms with E-state index in [0.717, 1.165) is 18.8 Å². The van der Waals surface area contributed by atoms with E-state index in [1.165, 1.54) is 42.7 Å². The molecule has 0 heterocycles. The highest BCUT2D eigenvalue weighted by Gasteiger charge is 2.34. The molecule has 0 spiro atoms. The van der Waals surface area contributed by atoms with E-state index in [-0.39, 0.29) is 0 Å². The second-order valence-electron chi connectivity index (χ2n) is 7.63. The van der Waals surface area contributed by atoms with Crippen molar-refractivity contribution in [1.29, 1.82) is 0 Å². The van der Waals surface area contributed by atoms with Crippen molar-refractivity contribution in [3.8, 4) is 5.75 Å². The van der Waals surface area contributed by atoms with Crippen molar-refractivity contribution < 1.29 is 4.74 Å². The zero-order valence-electron chi connectivity index (χ0n) is 18.0. The van der Waals surface area contributed by atoms with Crippen LogP contribution in [0.15, 0.2) is 18.2 Å². The third kappa shape index (κ3) is 5.00. The van der Waals surface area contributed by atoms with E-state index in [1.807, 2.05) is 0 Å². The molecule has 0 amide bonds. The minimum Gasteiger partial charge on any atom is -0.494 e. The van der Waals surface area contributed by atoms with Crippen LogP contribution in [0.2, 0.25) is 36.3 Å². The molecule has 25 heavy (non-hydrogen) atoms. The number of hydrogen-bond donors (Lipinski definition) is 0. The van der Waals surface area contributed by atoms with E-state index < -0.39 is 16.1 Å². The van der Waals surface area contributed by atoms with E-state index in [4.69, 9.17) is 4.74 Å². The first kappa shape index (κ1) is 22.5. The lowest BCUT2D eigenvalue weighted by Gasteiger charge is -2.34. The lowest BCUT2D eigenvalue weighted by atomic mass is 10.3. The Kier molecular flexibility index (Phi) is 9.51. The third-order valence-corrected chi connectivity index (χ3v) is 18.1. The third-order valence-electron chi connectivity index (χ3n) is 6.96. The fraction of sp³-hybridized carbons (Fsp3) is 0.727. The molecule has 0 saturated carbocycles. The Hall–Kier alpha value is -0.546. The van der Waals surface area contributed by atoms with Crippen LogP contribution in [0.5, 0.6) is 5.75 Å². The molecular weight excluding hydrogens is 336 g/mol. The van der Waals surface area contributed by atoms with Gasteiger partial charge in [-0.15, -0.1) is 0 Å². The van der Waals surface area contributed by atoms with Gasteiger partial charge in [0.1, 0.15) is 5.75 Å². The SMILES string of the molecule is CCCCOc1cc([Si](CC)(CC)CC)cc([Si](CC)(CC)CC)c1. The van der Waals surface area contributed by atoms with E-state index in [1.54, 1.807) is 10.4 Å². The number of unbranched alkanes of at least 4 members (excludes halogenated alkanes) is 1. The fourth-order valence-corrected chi connectivity index (χ4v) is 11.8. The Bertz CT molecular complexity index is 450. The Morgan fingerprint density at radius 3 is 1.36 bits per heavy atom. The van der Waals surface area contributed by atoms with Crippen LogP contribution in [0.25, 0.3) is 0 Å². The van der Waals surface area contributed by atoms with Crippen LogP contribution in [-0.2, 0) is 0 Å². The topological polar surface area (TPSA) is 9.23 Å². The largest absolute Gasteiger partial charge is 0.494 e. The van der Waals surface area contributed by atoms with Crippen LogP contribution in [0.4, 0.5) is 0 Å². The molecule has 0 atom stereocenters. The maximum absolute atomic E-state index is 6.23. The van der Waals surface area contributed by atoms with Gasteiger partial charge in [-0.05, 0) is 18.6 Å². The van der Waals surface area contributed by atoms with Gasteiger partial charge < -0.3 is 4.74 Å². The Morgan fingerprint density at radius 1 is 0.640 bits per heavy atom. The molecule has 0 aliphatic heterocycles. The highest BCUT2D eigenvalue weighted by molar-refractivity contribution is 6.94. The second-order valence-corrected chi connectivity index (χ2v) is 18.1. The van der Waals surface area contributed by atoms with Gasteiger partial charge in [-0.2, -0.15) is 0 Å². The highest BCUT2D eigenvalue weighted by atomic mass is 28.3. The molecule has 0 radical (unpaired) electrons. The molecule has 0 aliphatic rings. The lowest BCUT2D eigenvalue weighted by Crippen LogP contribution is -2.52. The normalized spacial score (nSPS) is 12.4. The maximum Gasteiger partial charge on any atom is 0.119 e. The molecule has 1 aromatic rings. The molecule has 0 bridgehead atoms. The molecule has 1 aromatic carbocycles. The van der Waals surface area contributed by atoms with Gasteiger partial charge in [0.15, 0.2) is 0 Å². The summed E-state index contributed by atoms with van der Waals surface area (Å²) in [6.45, 7) is 17.6. The average Bonchev–Trinajstić information content (AvgIpc) is 2.66. The molecule has 0 aromatic heterocycles. The maximum atomic E-state index is 6.23. The van der Waals surface area contributed by atoms with Crippen molar-refractivity contribution in [3.63, 3.8) is 0 Å². The molecule has 1 nitrogen and oxygen atoms in total. The van der Waals surface area contributed by atoms with Crippen LogP contribution in [0, 0.1) is 0 Å². The lowest BCUT2D eigenvalue weighted by molar-refractivity contribution is 0.310. The predicted octanol–water partition coefficient (Wildman–Crippen LogP) is 6.30. The van der Waals surface area contributed by atoms with Crippen molar-refractivity contribution in [2.24, 2.45) is 0 Å². The highest BCUT2D eigenvalue weighted by Crippen LogP contribution is 2.26. The van der Waals surface area contributed by atoms with Gasteiger partial charge in [-0.1, -0.05) is 108 Å². The minimum atomic E-state index is -1.38. The Labute approximate surface area is 159 Å². The van der Waals surface area contributed by atoms with Crippen molar-refractivity contribution in [1.82, 2.24) is 0 Å². The number of hydrogen-bond acceptors (Lipinski definition) is 1. The molecular formula is C22H42OSi2. The zero-order valence-corrected chi connectivity index (χ0v) is 20.0. The Morgan fingerprint density at radius 2 is 1.04 bits per heavy atom. The zero-order chi connectivity index (χ0) is 18.9. The molecule has 144 valence electrons. The van der Waals surface area contributed by atoms with Gasteiger partial charge in [0.25, 0.3) is 0 Å². The van der Waals surface area contributed by atoms with E-state index >= 15 is 0 Å². The van der Waals surface area contributed by atoms with E-state index in [0.29, 0.717) is 0 Å². The summed E-state index contributed by atoms with van der Waals surface area (Å²) in [6.07, 6.45) is 2.34. The second kappa shape index (κ2) is 10.6. The Balaban J connectivity index is 3.46. The molecule has 0 N–H and O–H groups in total. The van der Waals surface area contributed by atoms with Gasteiger partial charge in [-0.25, -0.2) is 0 Å². The summed E-state index contributed by atoms with van der Waals surface area (Å²) >= 11 is 0. The summed E-state index contributed by atoms with van der Waals surface area (Å²) in [5, 5.41) is 3.33. The predicted molar refractivity (Wildman–Crippen MR) is 121 cm³/mol. The first-order chi connectivity index (χ1) is 12.0. The van der Waals surface area contributed by atoms with Crippen LogP contribution in [-0.4, -0.2) is 22.8 Å². The van der Waals surface area contributed by atoms with Crippen LogP contribution in [0.1, 0.15) is 61.3 Å². The summed E-state index contributed by atoms with van der Waals surface area (Å²) in [4.78, 5) is 0. The number of benzene rings is 1. The average molecular weight is 379 g/mol. The summed E-state index contributed by atoms with van der Waals surface area (Å²) in [6, 6.07) is 15.5. The first-order valence-corrected chi connectivity index (χ1v) is 16.0. The molecule has 3 heteroatoms. The molecule has 0 aliphatic carbocycles. The standard InChI is InChI=1S/C22H42OSi2/c1-8-15-16-23-20-17-21(24(9-2,10-3)11-4)19-22(18-20)25(12-5,13-6)14-7/h17-19H,8-16H2,1-7H3. The smallest absolute Gasteiger partial charge is 0.119 e. The van der Waals surface area contributed by atoms with E-state index in [2.05, 4.69) is 66.7 Å². The van der Waals surface area contributed by atoms with Crippen LogP contribution in [0.3, 0.4) is 0 Å². The van der Waals surface area contributed by atoms with Crippen molar-refractivity contribution in [2.45, 2.75) is 97.6 Å². The van der Waals surface area contributed by atoms with Gasteiger partial charge in [0.05, 0.1) is 22.8 Å². The fourth-order valence-electron chi connectivity index (χ4n) is 4.35. The summed E-state index contributed by atoms with van der Waals surface area (Å²) in [5.74, 6) is 1.15. The van der Waals surface area contributed by atoms with Gasteiger partial charge in [0, 0.05) is 0 Å². The van der Waals surface area contributed by atoms with Gasteiger partial charge >= 0.3 is 0 Å². The van der Waals surface area contributed by atoms with Gasteiger partial charge in [-0.3, -0.25) is 0 Å². The monoisotopic (exact) mass is 378 g/mol. The van der Waals surface area contributed by atoms with Crippen molar-refractivity contribution >= 4 is 26.5 Å². The van der Waals surface area contributed by atoms with Crippen LogP contribution >= 0.6 is 0 Å². The first-order valence-electron chi connectivity index (χ1n) is 10.8. The van der Waals surface area contributed by atoms with Crippen LogP contribution < -0.4 is 15.1 Å². The van der Waals surface area contributed by atoms with Crippen molar-refractivity contribution in [2.75, 3.05) is 6.61 Å².